The Morgan fingerprint density at radius 3 is 2.57 bits per heavy atom. The third-order valence-electron chi connectivity index (χ3n) is 7.46. The first-order chi connectivity index (χ1) is 16.8. The summed E-state index contributed by atoms with van der Waals surface area (Å²) in [5.41, 5.74) is 0.728. The molecule has 2 amide bonds. The quantitative estimate of drug-likeness (QED) is 0.522. The van der Waals surface area contributed by atoms with Gasteiger partial charge in [0, 0.05) is 17.5 Å². The summed E-state index contributed by atoms with van der Waals surface area (Å²) in [6, 6.07) is 7.33. The van der Waals surface area contributed by atoms with Gasteiger partial charge in [-0.1, -0.05) is 13.0 Å². The molecule has 1 saturated carbocycles. The first kappa shape index (κ1) is 25.2. The zero-order valence-electron chi connectivity index (χ0n) is 20.3. The number of nitrogens with zero attached hydrogens (tertiary/aromatic N) is 1. The van der Waals surface area contributed by atoms with Gasteiger partial charge in [0.05, 0.1) is 19.9 Å². The van der Waals surface area contributed by atoms with Gasteiger partial charge in [-0.3, -0.25) is 4.90 Å². The monoisotopic (exact) mass is 491 g/mol. The minimum atomic E-state index is -1.61. The Hall–Kier alpha value is -2.94. The van der Waals surface area contributed by atoms with Crippen LogP contribution in [0.4, 0.5) is 23.7 Å². The van der Waals surface area contributed by atoms with Crippen LogP contribution in [0, 0.1) is 17.5 Å². The van der Waals surface area contributed by atoms with Gasteiger partial charge in [0.1, 0.15) is 0 Å². The van der Waals surface area contributed by atoms with Gasteiger partial charge in [0.25, 0.3) is 0 Å². The molecule has 2 fully saturated rings. The van der Waals surface area contributed by atoms with Crippen LogP contribution in [0.3, 0.4) is 0 Å². The Kier molecular flexibility index (Phi) is 7.44. The molecule has 0 radical (unpaired) electrons. The van der Waals surface area contributed by atoms with Crippen LogP contribution < -0.4 is 20.1 Å². The highest BCUT2D eigenvalue weighted by Gasteiger charge is 2.51. The molecule has 6 nitrogen and oxygen atoms in total. The Balaban J connectivity index is 1.52. The van der Waals surface area contributed by atoms with Crippen molar-refractivity contribution in [1.29, 1.82) is 0 Å². The fourth-order valence-corrected chi connectivity index (χ4v) is 5.78. The highest BCUT2D eigenvalue weighted by atomic mass is 19.2. The SMILES string of the molecule is CCCN1CC[C@]2(c3ccc(OC)c(OC)c3)CC[C@H](NC(=O)Nc3ccc(F)c(F)c3F)C[C@@H]12. The Bertz CT molecular complexity index is 1080. The van der Waals surface area contributed by atoms with Gasteiger partial charge in [0.2, 0.25) is 0 Å². The maximum Gasteiger partial charge on any atom is 0.319 e. The van der Waals surface area contributed by atoms with Crippen molar-refractivity contribution in [3.05, 3.63) is 53.3 Å². The molecule has 1 saturated heterocycles. The summed E-state index contributed by atoms with van der Waals surface area (Å²) in [6.45, 7) is 4.07. The van der Waals surface area contributed by atoms with Crippen molar-refractivity contribution in [2.24, 2.45) is 0 Å². The maximum atomic E-state index is 14.0. The summed E-state index contributed by atoms with van der Waals surface area (Å²) in [4.78, 5) is 15.1. The maximum absolute atomic E-state index is 14.0. The molecule has 0 unspecified atom stereocenters. The predicted octanol–water partition coefficient (Wildman–Crippen LogP) is 5.22. The van der Waals surface area contributed by atoms with E-state index in [0.29, 0.717) is 11.5 Å². The standard InChI is InChI=1S/C26H32F3N3O3/c1-4-12-32-13-11-26(16-5-8-20(34-2)21(14-16)35-3)10-9-17(15-22(26)32)30-25(33)31-19-7-6-18(27)23(28)24(19)29/h5-8,14,17,22H,4,9-13,15H2,1-3H3,(H2,30,31,33)/t17-,22+,26-/m0/s1. The van der Waals surface area contributed by atoms with Crippen molar-refractivity contribution < 1.29 is 27.4 Å². The number of fused-ring (bicyclic) bond motifs is 1. The average molecular weight is 492 g/mol. The number of hydrogen-bond donors (Lipinski definition) is 2. The minimum absolute atomic E-state index is 0.0738. The molecule has 4 rings (SSSR count). The number of halogens is 3. The van der Waals surface area contributed by atoms with Crippen LogP contribution in [-0.2, 0) is 5.41 Å². The molecule has 0 aromatic heterocycles. The number of methoxy groups -OCH3 is 2. The Morgan fingerprint density at radius 1 is 1.09 bits per heavy atom. The van der Waals surface area contributed by atoms with Crippen LogP contribution in [-0.4, -0.2) is 50.3 Å². The number of ether oxygens (including phenoxy) is 2. The highest BCUT2D eigenvalue weighted by Crippen LogP contribution is 2.50. The van der Waals surface area contributed by atoms with Crippen molar-refractivity contribution in [2.45, 2.75) is 56.5 Å². The number of rotatable bonds is 7. The molecule has 1 aliphatic carbocycles. The van der Waals surface area contributed by atoms with E-state index in [0.717, 1.165) is 57.3 Å². The molecule has 2 aromatic carbocycles. The molecule has 0 spiro atoms. The molecule has 0 bridgehead atoms. The molecule has 1 heterocycles. The van der Waals surface area contributed by atoms with E-state index in [1.807, 2.05) is 6.07 Å². The van der Waals surface area contributed by atoms with Gasteiger partial charge in [0.15, 0.2) is 29.0 Å². The predicted molar refractivity (Wildman–Crippen MR) is 128 cm³/mol. The van der Waals surface area contributed by atoms with Gasteiger partial charge < -0.3 is 20.1 Å². The number of urea groups is 1. The Labute approximate surface area is 203 Å². The molecule has 2 N–H and O–H groups in total. The van der Waals surface area contributed by atoms with Crippen LogP contribution in [0.2, 0.25) is 0 Å². The molecular weight excluding hydrogens is 459 g/mol. The zero-order valence-corrected chi connectivity index (χ0v) is 20.3. The van der Waals surface area contributed by atoms with Gasteiger partial charge in [-0.2, -0.15) is 0 Å². The second kappa shape index (κ2) is 10.4. The van der Waals surface area contributed by atoms with Crippen LogP contribution in [0.1, 0.15) is 44.6 Å². The van der Waals surface area contributed by atoms with Crippen molar-refractivity contribution in [3.8, 4) is 11.5 Å². The molecule has 35 heavy (non-hydrogen) atoms. The third kappa shape index (κ3) is 4.78. The fourth-order valence-electron chi connectivity index (χ4n) is 5.78. The van der Waals surface area contributed by atoms with E-state index in [2.05, 4.69) is 34.6 Å². The molecular formula is C26H32F3N3O3. The smallest absolute Gasteiger partial charge is 0.319 e. The normalized spacial score (nSPS) is 24.1. The summed E-state index contributed by atoms with van der Waals surface area (Å²) >= 11 is 0. The lowest BCUT2D eigenvalue weighted by molar-refractivity contribution is 0.136. The second-order valence-corrected chi connectivity index (χ2v) is 9.32. The Morgan fingerprint density at radius 2 is 1.86 bits per heavy atom. The van der Waals surface area contributed by atoms with E-state index in [-0.39, 0.29) is 17.5 Å². The van der Waals surface area contributed by atoms with Gasteiger partial charge in [-0.25, -0.2) is 18.0 Å². The van der Waals surface area contributed by atoms with E-state index < -0.39 is 29.2 Å². The highest BCUT2D eigenvalue weighted by molar-refractivity contribution is 5.89. The first-order valence-corrected chi connectivity index (χ1v) is 12.0. The number of likely N-dealkylation sites (tertiary alicyclic amines) is 1. The lowest BCUT2D eigenvalue weighted by Gasteiger charge is -2.45. The lowest BCUT2D eigenvalue weighted by Crippen LogP contribution is -2.53. The number of carbonyl (C=O) groups excluding carboxylic acids is 1. The number of hydrogen-bond acceptors (Lipinski definition) is 4. The van der Waals surface area contributed by atoms with Crippen LogP contribution in [0.15, 0.2) is 30.3 Å². The average Bonchev–Trinajstić information content (AvgIpc) is 3.23. The number of nitrogens with one attached hydrogen (secondary N) is 2. The van der Waals surface area contributed by atoms with E-state index in [1.54, 1.807) is 14.2 Å². The summed E-state index contributed by atoms with van der Waals surface area (Å²) in [5.74, 6) is -2.95. The minimum Gasteiger partial charge on any atom is -0.493 e. The van der Waals surface area contributed by atoms with Gasteiger partial charge in [-0.05, 0) is 75.0 Å². The number of benzene rings is 2. The molecule has 9 heteroatoms. The topological polar surface area (TPSA) is 62.8 Å². The fraction of sp³-hybridized carbons (Fsp3) is 0.500. The van der Waals surface area contributed by atoms with E-state index in [1.165, 1.54) is 5.56 Å². The van der Waals surface area contributed by atoms with Gasteiger partial charge in [-0.15, -0.1) is 0 Å². The van der Waals surface area contributed by atoms with Crippen LogP contribution in [0.25, 0.3) is 0 Å². The number of carbonyl (C=O) groups is 1. The van der Waals surface area contributed by atoms with Crippen molar-refractivity contribution in [3.63, 3.8) is 0 Å². The van der Waals surface area contributed by atoms with E-state index in [4.69, 9.17) is 9.47 Å². The molecule has 2 aliphatic rings. The van der Waals surface area contributed by atoms with E-state index >= 15 is 0 Å². The first-order valence-electron chi connectivity index (χ1n) is 12.0. The molecule has 2 aromatic rings. The summed E-state index contributed by atoms with van der Waals surface area (Å²) in [5, 5.41) is 5.22. The summed E-state index contributed by atoms with van der Waals surface area (Å²) < 4.78 is 51.7. The summed E-state index contributed by atoms with van der Waals surface area (Å²) in [7, 11) is 3.25. The van der Waals surface area contributed by atoms with Crippen molar-refractivity contribution >= 4 is 11.7 Å². The summed E-state index contributed by atoms with van der Waals surface area (Å²) in [6.07, 6.45) is 4.34. The number of amides is 2. The van der Waals surface area contributed by atoms with Gasteiger partial charge >= 0.3 is 6.03 Å². The van der Waals surface area contributed by atoms with Crippen LogP contribution >= 0.6 is 0 Å². The van der Waals surface area contributed by atoms with Crippen molar-refractivity contribution in [1.82, 2.24) is 10.2 Å². The lowest BCUT2D eigenvalue weighted by atomic mass is 9.65. The third-order valence-corrected chi connectivity index (χ3v) is 7.46. The van der Waals surface area contributed by atoms with Crippen molar-refractivity contribution in [2.75, 3.05) is 32.6 Å². The van der Waals surface area contributed by atoms with Crippen LogP contribution in [0.5, 0.6) is 11.5 Å². The zero-order chi connectivity index (χ0) is 25.2. The molecule has 3 atom stereocenters. The largest absolute Gasteiger partial charge is 0.493 e. The number of anilines is 1. The molecule has 1 aliphatic heterocycles. The second-order valence-electron chi connectivity index (χ2n) is 9.32. The van der Waals surface area contributed by atoms with E-state index in [9.17, 15) is 18.0 Å². The molecule has 190 valence electrons.